The maximum absolute atomic E-state index is 14.5. The summed E-state index contributed by atoms with van der Waals surface area (Å²) in [5.41, 5.74) is 19.2. The van der Waals surface area contributed by atoms with Crippen LogP contribution in [0, 0.1) is 5.82 Å². The van der Waals surface area contributed by atoms with Crippen LogP contribution in [-0.2, 0) is 0 Å². The van der Waals surface area contributed by atoms with Gasteiger partial charge in [0.05, 0.1) is 22.1 Å². The van der Waals surface area contributed by atoms with Crippen molar-refractivity contribution in [1.82, 2.24) is 9.13 Å². The summed E-state index contributed by atoms with van der Waals surface area (Å²) in [6.45, 7) is 0. The van der Waals surface area contributed by atoms with E-state index in [2.05, 4.69) is 275 Å². The number of hydrogen-bond acceptors (Lipinski definition) is 1. The highest BCUT2D eigenvalue weighted by Crippen LogP contribution is 2.41. The molecule has 12 aromatic carbocycles. The second-order valence-corrected chi connectivity index (χ2v) is 19.1. The van der Waals surface area contributed by atoms with Crippen molar-refractivity contribution in [3.05, 3.63) is 285 Å². The van der Waals surface area contributed by atoms with E-state index in [1.807, 2.05) is 6.07 Å². The van der Waals surface area contributed by atoms with Crippen LogP contribution in [0.1, 0.15) is 0 Å². The molecule has 0 spiro atoms. The summed E-state index contributed by atoms with van der Waals surface area (Å²) in [4.78, 5) is 2.29. The molecule has 0 radical (unpaired) electrons. The lowest BCUT2D eigenvalue weighted by Crippen LogP contribution is -2.09. The second kappa shape index (κ2) is 17.8. The number of nitrogens with zero attached hydrogens (tertiary/aromatic N) is 3. The third kappa shape index (κ3) is 7.51. The number of para-hydroxylation sites is 3. The van der Waals surface area contributed by atoms with Gasteiger partial charge in [0, 0.05) is 50.0 Å². The van der Waals surface area contributed by atoms with Crippen LogP contribution in [0.15, 0.2) is 279 Å². The van der Waals surface area contributed by atoms with E-state index in [4.69, 9.17) is 0 Å². The fourth-order valence-electron chi connectivity index (χ4n) is 11.1. The molecule has 0 N–H and O–H groups in total. The van der Waals surface area contributed by atoms with Gasteiger partial charge in [-0.3, -0.25) is 0 Å². The number of fused-ring (bicyclic) bond motifs is 7. The Morgan fingerprint density at radius 2 is 0.608 bits per heavy atom. The normalized spacial score (nSPS) is 11.6. The van der Waals surface area contributed by atoms with E-state index in [1.165, 1.54) is 39.0 Å². The first kappa shape index (κ1) is 43.1. The molecule has 0 saturated carbocycles. The van der Waals surface area contributed by atoms with Crippen molar-refractivity contribution >= 4 is 71.4 Å². The molecular formula is C70H46FN3. The molecule has 0 saturated heterocycles. The fraction of sp³-hybridized carbons (Fsp3) is 0. The van der Waals surface area contributed by atoms with Gasteiger partial charge in [-0.2, -0.15) is 0 Å². The minimum atomic E-state index is -0.234. The summed E-state index contributed by atoms with van der Waals surface area (Å²) >= 11 is 0. The largest absolute Gasteiger partial charge is 0.311 e. The number of benzene rings is 12. The van der Waals surface area contributed by atoms with Crippen LogP contribution in [0.2, 0.25) is 0 Å². The third-order valence-corrected chi connectivity index (χ3v) is 14.8. The zero-order valence-electron chi connectivity index (χ0n) is 40.3. The molecule has 3 nitrogen and oxygen atoms in total. The Labute approximate surface area is 428 Å². The van der Waals surface area contributed by atoms with Crippen molar-refractivity contribution in [2.24, 2.45) is 0 Å². The number of rotatable bonds is 9. The van der Waals surface area contributed by atoms with Gasteiger partial charge in [-0.25, -0.2) is 4.39 Å². The average molecular weight is 948 g/mol. The van der Waals surface area contributed by atoms with E-state index in [1.54, 1.807) is 6.07 Å². The van der Waals surface area contributed by atoms with Gasteiger partial charge in [0.15, 0.2) is 0 Å². The molecule has 0 aliphatic carbocycles. The molecule has 0 bridgehead atoms. The van der Waals surface area contributed by atoms with E-state index in [-0.39, 0.29) is 5.82 Å². The zero-order valence-corrected chi connectivity index (χ0v) is 40.3. The Bertz CT molecular complexity index is 4350. The molecule has 0 atom stereocenters. The van der Waals surface area contributed by atoms with Gasteiger partial charge in [-0.05, 0) is 177 Å². The Balaban J connectivity index is 0.864. The van der Waals surface area contributed by atoms with Crippen LogP contribution in [-0.4, -0.2) is 9.13 Å². The van der Waals surface area contributed by atoms with Crippen molar-refractivity contribution in [3.63, 3.8) is 0 Å². The van der Waals surface area contributed by atoms with Crippen molar-refractivity contribution in [1.29, 1.82) is 0 Å². The first-order chi connectivity index (χ1) is 36.6. The lowest BCUT2D eigenvalue weighted by molar-refractivity contribution is 0.630. The molecule has 2 heterocycles. The summed E-state index contributed by atoms with van der Waals surface area (Å²) < 4.78 is 19.3. The number of halogens is 1. The van der Waals surface area contributed by atoms with Gasteiger partial charge >= 0.3 is 0 Å². The Morgan fingerprint density at radius 3 is 1.14 bits per heavy atom. The second-order valence-electron chi connectivity index (χ2n) is 19.1. The molecule has 4 heteroatoms. The smallest absolute Gasteiger partial charge is 0.123 e. The molecule has 74 heavy (non-hydrogen) atoms. The Morgan fingerprint density at radius 1 is 0.243 bits per heavy atom. The Hall–Kier alpha value is -9.77. The molecule has 0 fully saturated rings. The highest BCUT2D eigenvalue weighted by Gasteiger charge is 2.18. The average Bonchev–Trinajstić information content (AvgIpc) is 3.98. The molecule has 14 rings (SSSR count). The highest BCUT2D eigenvalue weighted by molar-refractivity contribution is 6.13. The van der Waals surface area contributed by atoms with Crippen molar-refractivity contribution < 1.29 is 4.39 Å². The van der Waals surface area contributed by atoms with Crippen molar-refractivity contribution in [2.45, 2.75) is 0 Å². The standard InChI is InChI=1S/C70H46FN3/c71-57-32-22-51-20-21-52(42-56(51)43-57)53-29-40-69-65(45-53)66-46-55(54-30-39-68-64(44-54)63-18-10-11-19-67(63)73(68)61-35-25-48(26-36-61)47-12-4-1-5-13-47)31-41-70(66)74(69)62-37-27-50(28-38-62)49-23-33-60(34-24-49)72(58-14-6-2-7-15-58)59-16-8-3-9-17-59/h1-46H. The lowest BCUT2D eigenvalue weighted by atomic mass is 9.98. The molecule has 0 aliphatic rings. The predicted octanol–water partition coefficient (Wildman–Crippen LogP) is 19.3. The molecule has 0 unspecified atom stereocenters. The van der Waals surface area contributed by atoms with Crippen LogP contribution in [0.5, 0.6) is 0 Å². The Kier molecular flexibility index (Phi) is 10.4. The van der Waals surface area contributed by atoms with E-state index in [0.717, 1.165) is 94.4 Å². The van der Waals surface area contributed by atoms with Gasteiger partial charge in [0.2, 0.25) is 0 Å². The molecule has 0 amide bonds. The molecule has 14 aromatic rings. The maximum Gasteiger partial charge on any atom is 0.123 e. The van der Waals surface area contributed by atoms with E-state index in [9.17, 15) is 4.39 Å². The first-order valence-electron chi connectivity index (χ1n) is 25.2. The third-order valence-electron chi connectivity index (χ3n) is 14.8. The summed E-state index contributed by atoms with van der Waals surface area (Å²) in [5.74, 6) is -0.234. The van der Waals surface area contributed by atoms with Gasteiger partial charge < -0.3 is 14.0 Å². The van der Waals surface area contributed by atoms with Gasteiger partial charge in [-0.15, -0.1) is 0 Å². The fourth-order valence-corrected chi connectivity index (χ4v) is 11.1. The molecule has 348 valence electrons. The molecular weight excluding hydrogens is 902 g/mol. The van der Waals surface area contributed by atoms with Crippen LogP contribution in [0.4, 0.5) is 21.5 Å². The molecule has 0 aliphatic heterocycles. The van der Waals surface area contributed by atoms with Crippen LogP contribution < -0.4 is 4.90 Å². The number of anilines is 3. The summed E-state index contributed by atoms with van der Waals surface area (Å²) in [6, 6.07) is 98.8. The van der Waals surface area contributed by atoms with E-state index >= 15 is 0 Å². The SMILES string of the molecule is Fc1ccc2ccc(-c3ccc4c(c3)c3cc(-c5ccc6c(c5)c5ccccc5n6-c5ccc(-c6ccccc6)cc5)ccc3n4-c3ccc(-c4ccc(N(c5ccccc5)c5ccccc5)cc4)cc3)cc2c1. The van der Waals surface area contributed by atoms with Gasteiger partial charge in [0.1, 0.15) is 5.82 Å². The minimum Gasteiger partial charge on any atom is -0.311 e. The van der Waals surface area contributed by atoms with Crippen LogP contribution >= 0.6 is 0 Å². The minimum absolute atomic E-state index is 0.234. The van der Waals surface area contributed by atoms with E-state index < -0.39 is 0 Å². The number of aromatic nitrogens is 2. The van der Waals surface area contributed by atoms with Crippen molar-refractivity contribution in [3.8, 4) is 55.9 Å². The lowest BCUT2D eigenvalue weighted by Gasteiger charge is -2.25. The monoisotopic (exact) mass is 947 g/mol. The summed E-state index contributed by atoms with van der Waals surface area (Å²) in [7, 11) is 0. The summed E-state index contributed by atoms with van der Waals surface area (Å²) in [6.07, 6.45) is 0. The highest BCUT2D eigenvalue weighted by atomic mass is 19.1. The quantitative estimate of drug-likeness (QED) is 0.141. The van der Waals surface area contributed by atoms with Crippen molar-refractivity contribution in [2.75, 3.05) is 4.90 Å². The zero-order chi connectivity index (χ0) is 49.1. The predicted molar refractivity (Wildman–Crippen MR) is 309 cm³/mol. The first-order valence-corrected chi connectivity index (χ1v) is 25.2. The van der Waals surface area contributed by atoms with E-state index in [0.29, 0.717) is 0 Å². The maximum atomic E-state index is 14.5. The molecule has 2 aromatic heterocycles. The van der Waals surface area contributed by atoms with Gasteiger partial charge in [0.25, 0.3) is 0 Å². The van der Waals surface area contributed by atoms with Gasteiger partial charge in [-0.1, -0.05) is 158 Å². The van der Waals surface area contributed by atoms with Crippen LogP contribution in [0.3, 0.4) is 0 Å². The van der Waals surface area contributed by atoms with Crippen LogP contribution in [0.25, 0.3) is 110 Å². The number of hydrogen-bond donors (Lipinski definition) is 0. The topological polar surface area (TPSA) is 13.1 Å². The summed E-state index contributed by atoms with van der Waals surface area (Å²) in [5, 5.41) is 6.63.